The number of aryl methyl sites for hydroxylation is 1. The summed E-state index contributed by atoms with van der Waals surface area (Å²) in [5, 5.41) is 8.09. The fraction of sp³-hybridized carbons (Fsp3) is 0.733. The lowest BCUT2D eigenvalue weighted by molar-refractivity contribution is 0.130. The summed E-state index contributed by atoms with van der Waals surface area (Å²) in [5.74, 6) is 3.90. The minimum absolute atomic E-state index is 0.124. The van der Waals surface area contributed by atoms with Gasteiger partial charge in [-0.2, -0.15) is 9.97 Å². The number of rotatable bonds is 4. The van der Waals surface area contributed by atoms with Gasteiger partial charge >= 0.3 is 0 Å². The van der Waals surface area contributed by atoms with Crippen LogP contribution in [0.4, 0.5) is 0 Å². The third kappa shape index (κ3) is 2.65. The molecule has 0 bridgehead atoms. The van der Waals surface area contributed by atoms with Gasteiger partial charge in [0.05, 0.1) is 6.04 Å². The van der Waals surface area contributed by atoms with Crippen LogP contribution in [0.15, 0.2) is 9.05 Å². The monoisotopic (exact) mass is 303 g/mol. The van der Waals surface area contributed by atoms with E-state index in [-0.39, 0.29) is 6.04 Å². The summed E-state index contributed by atoms with van der Waals surface area (Å²) in [6, 6.07) is 0.124. The number of piperidine rings is 1. The van der Waals surface area contributed by atoms with E-state index in [0.29, 0.717) is 23.6 Å². The molecule has 0 N–H and O–H groups in total. The fourth-order valence-corrected chi connectivity index (χ4v) is 3.12. The topological polar surface area (TPSA) is 81.1 Å². The van der Waals surface area contributed by atoms with E-state index in [1.54, 1.807) is 0 Å². The maximum Gasteiger partial charge on any atom is 0.243 e. The van der Waals surface area contributed by atoms with E-state index < -0.39 is 0 Å². The van der Waals surface area contributed by atoms with Gasteiger partial charge in [0.1, 0.15) is 0 Å². The van der Waals surface area contributed by atoms with Gasteiger partial charge in [-0.3, -0.25) is 4.90 Å². The average Bonchev–Trinajstić information content (AvgIpc) is 3.10. The van der Waals surface area contributed by atoms with E-state index in [0.717, 1.165) is 37.6 Å². The molecular weight excluding hydrogens is 282 g/mol. The van der Waals surface area contributed by atoms with Crippen molar-refractivity contribution in [1.29, 1.82) is 0 Å². The Morgan fingerprint density at radius 1 is 1.09 bits per heavy atom. The molecule has 1 saturated carbocycles. The highest BCUT2D eigenvalue weighted by Crippen LogP contribution is 2.40. The normalized spacial score (nSPS) is 24.5. The van der Waals surface area contributed by atoms with Gasteiger partial charge in [0, 0.05) is 18.4 Å². The van der Waals surface area contributed by atoms with Crippen LogP contribution in [0.1, 0.15) is 73.9 Å². The van der Waals surface area contributed by atoms with Gasteiger partial charge < -0.3 is 9.05 Å². The molecule has 0 unspecified atom stereocenters. The minimum atomic E-state index is 0.124. The second-order valence-corrected chi connectivity index (χ2v) is 6.45. The molecule has 1 aliphatic heterocycles. The molecule has 2 aromatic rings. The molecule has 1 saturated heterocycles. The molecular formula is C15H21N5O2. The largest absolute Gasteiger partial charge is 0.339 e. The van der Waals surface area contributed by atoms with Crippen LogP contribution in [-0.4, -0.2) is 38.3 Å². The summed E-state index contributed by atoms with van der Waals surface area (Å²) in [5.41, 5.74) is 0. The van der Waals surface area contributed by atoms with E-state index in [4.69, 9.17) is 9.05 Å². The van der Waals surface area contributed by atoms with Gasteiger partial charge in [-0.15, -0.1) is 0 Å². The Kier molecular flexibility index (Phi) is 3.44. The van der Waals surface area contributed by atoms with Crippen molar-refractivity contribution in [2.24, 2.45) is 0 Å². The number of nitrogens with zero attached hydrogens (tertiary/aromatic N) is 5. The highest BCUT2D eigenvalue weighted by atomic mass is 16.5. The zero-order valence-corrected chi connectivity index (χ0v) is 13.0. The van der Waals surface area contributed by atoms with Crippen molar-refractivity contribution in [3.63, 3.8) is 0 Å². The molecule has 3 heterocycles. The maximum atomic E-state index is 5.40. The van der Waals surface area contributed by atoms with Crippen molar-refractivity contribution in [2.75, 3.05) is 13.1 Å². The molecule has 0 amide bonds. The van der Waals surface area contributed by atoms with Gasteiger partial charge in [-0.25, -0.2) is 0 Å². The summed E-state index contributed by atoms with van der Waals surface area (Å²) >= 11 is 0. The highest BCUT2D eigenvalue weighted by Gasteiger charge is 2.33. The van der Waals surface area contributed by atoms with Gasteiger partial charge in [0.25, 0.3) is 0 Å². The van der Waals surface area contributed by atoms with Crippen LogP contribution in [0.25, 0.3) is 0 Å². The fourth-order valence-electron chi connectivity index (χ4n) is 3.12. The average molecular weight is 303 g/mol. The highest BCUT2D eigenvalue weighted by molar-refractivity contribution is 5.06. The molecule has 0 radical (unpaired) electrons. The van der Waals surface area contributed by atoms with Crippen LogP contribution in [0.5, 0.6) is 0 Å². The molecule has 7 heteroatoms. The van der Waals surface area contributed by atoms with Gasteiger partial charge in [-0.05, 0) is 46.1 Å². The molecule has 2 aliphatic rings. The molecule has 1 aliphatic carbocycles. The van der Waals surface area contributed by atoms with Crippen molar-refractivity contribution >= 4 is 0 Å². The van der Waals surface area contributed by atoms with Crippen molar-refractivity contribution in [3.05, 3.63) is 23.4 Å². The standard InChI is InChI=1S/C15H21N5O2/c1-9(14-16-10(2)18-21-14)20-7-3-4-12(8-20)13-17-15(22-19-13)11-5-6-11/h9,11-12H,3-8H2,1-2H3/t9-,12+/m0/s1. The number of hydrogen-bond donors (Lipinski definition) is 0. The zero-order valence-electron chi connectivity index (χ0n) is 13.0. The van der Waals surface area contributed by atoms with Crippen LogP contribution >= 0.6 is 0 Å². The Morgan fingerprint density at radius 3 is 2.68 bits per heavy atom. The molecule has 4 rings (SSSR count). The van der Waals surface area contributed by atoms with E-state index in [1.807, 2.05) is 6.92 Å². The predicted molar refractivity (Wildman–Crippen MR) is 77.3 cm³/mol. The van der Waals surface area contributed by atoms with Crippen LogP contribution in [0.2, 0.25) is 0 Å². The van der Waals surface area contributed by atoms with E-state index in [9.17, 15) is 0 Å². The smallest absolute Gasteiger partial charge is 0.243 e. The van der Waals surface area contributed by atoms with Gasteiger partial charge in [0.2, 0.25) is 11.8 Å². The Balaban J connectivity index is 1.46. The Hall–Kier alpha value is -1.76. The van der Waals surface area contributed by atoms with E-state index in [2.05, 4.69) is 32.1 Å². The maximum absolute atomic E-state index is 5.40. The number of likely N-dealkylation sites (tertiary alicyclic amines) is 1. The van der Waals surface area contributed by atoms with Crippen LogP contribution in [-0.2, 0) is 0 Å². The summed E-state index contributed by atoms with van der Waals surface area (Å²) in [7, 11) is 0. The van der Waals surface area contributed by atoms with Crippen LogP contribution in [0, 0.1) is 6.92 Å². The molecule has 2 atom stereocenters. The molecule has 0 aromatic carbocycles. The van der Waals surface area contributed by atoms with Crippen LogP contribution in [0.3, 0.4) is 0 Å². The van der Waals surface area contributed by atoms with Crippen LogP contribution < -0.4 is 0 Å². The third-order valence-electron chi connectivity index (χ3n) is 4.65. The first-order valence-electron chi connectivity index (χ1n) is 8.08. The molecule has 2 fully saturated rings. The number of aromatic nitrogens is 4. The predicted octanol–water partition coefficient (Wildman–Crippen LogP) is 2.58. The lowest BCUT2D eigenvalue weighted by Gasteiger charge is -2.34. The summed E-state index contributed by atoms with van der Waals surface area (Å²) in [6.45, 7) is 5.90. The third-order valence-corrected chi connectivity index (χ3v) is 4.65. The van der Waals surface area contributed by atoms with E-state index in [1.165, 1.54) is 12.8 Å². The second kappa shape index (κ2) is 5.46. The molecule has 7 nitrogen and oxygen atoms in total. The first-order chi connectivity index (χ1) is 10.7. The lowest BCUT2D eigenvalue weighted by Crippen LogP contribution is -2.36. The van der Waals surface area contributed by atoms with Crippen molar-refractivity contribution in [3.8, 4) is 0 Å². The molecule has 22 heavy (non-hydrogen) atoms. The first-order valence-corrected chi connectivity index (χ1v) is 8.08. The van der Waals surface area contributed by atoms with Crippen molar-refractivity contribution in [1.82, 2.24) is 25.2 Å². The lowest BCUT2D eigenvalue weighted by atomic mass is 9.96. The summed E-state index contributed by atoms with van der Waals surface area (Å²) in [6.07, 6.45) is 4.60. The zero-order chi connectivity index (χ0) is 15.1. The Labute approximate surface area is 129 Å². The Bertz CT molecular complexity index is 648. The molecule has 118 valence electrons. The van der Waals surface area contributed by atoms with Crippen molar-refractivity contribution in [2.45, 2.75) is 57.4 Å². The second-order valence-electron chi connectivity index (χ2n) is 6.45. The molecule has 0 spiro atoms. The van der Waals surface area contributed by atoms with Crippen molar-refractivity contribution < 1.29 is 9.05 Å². The minimum Gasteiger partial charge on any atom is -0.339 e. The van der Waals surface area contributed by atoms with E-state index >= 15 is 0 Å². The quantitative estimate of drug-likeness (QED) is 0.858. The summed E-state index contributed by atoms with van der Waals surface area (Å²) in [4.78, 5) is 11.3. The first kappa shape index (κ1) is 13.9. The Morgan fingerprint density at radius 2 is 1.95 bits per heavy atom. The summed E-state index contributed by atoms with van der Waals surface area (Å²) < 4.78 is 10.7. The molecule has 2 aromatic heterocycles. The SMILES string of the molecule is Cc1noc([C@H](C)N2CCC[C@@H](c3noc(C4CC4)n3)C2)n1. The van der Waals surface area contributed by atoms with Gasteiger partial charge in [0.15, 0.2) is 11.6 Å². The van der Waals surface area contributed by atoms with Gasteiger partial charge in [-0.1, -0.05) is 10.3 Å². The number of hydrogen-bond acceptors (Lipinski definition) is 7.